The number of carbonyl (C=O) groups is 1. The maximum Gasteiger partial charge on any atom is 0.326 e. The largest absolute Gasteiger partial charge is 0.480 e. The lowest BCUT2D eigenvalue weighted by molar-refractivity contribution is -0.141. The van der Waals surface area contributed by atoms with E-state index in [2.05, 4.69) is 15.5 Å². The van der Waals surface area contributed by atoms with Crippen molar-refractivity contribution in [2.75, 3.05) is 13.1 Å². The van der Waals surface area contributed by atoms with Crippen molar-refractivity contribution in [1.82, 2.24) is 20.1 Å². The third-order valence-corrected chi connectivity index (χ3v) is 3.69. The molecule has 1 fully saturated rings. The maximum absolute atomic E-state index is 11.3. The molecule has 2 N–H and O–H groups in total. The van der Waals surface area contributed by atoms with E-state index in [0.29, 0.717) is 12.3 Å². The Morgan fingerprint density at radius 2 is 2.29 bits per heavy atom. The number of aryl methyl sites for hydroxylation is 1. The van der Waals surface area contributed by atoms with Gasteiger partial charge in [-0.15, -0.1) is 10.2 Å². The topological polar surface area (TPSA) is 80.0 Å². The highest BCUT2D eigenvalue weighted by Crippen LogP contribution is 2.30. The van der Waals surface area contributed by atoms with Crippen molar-refractivity contribution >= 4 is 5.97 Å². The van der Waals surface area contributed by atoms with Crippen molar-refractivity contribution in [3.63, 3.8) is 0 Å². The maximum atomic E-state index is 11.3. The molecule has 1 saturated heterocycles. The number of rotatable bonds is 2. The third-order valence-electron chi connectivity index (χ3n) is 3.69. The second-order valence-electron chi connectivity index (χ2n) is 4.78. The Labute approximate surface area is 99.0 Å². The molecule has 0 saturated carbocycles. The van der Waals surface area contributed by atoms with Crippen LogP contribution in [-0.4, -0.2) is 38.9 Å². The first kappa shape index (κ1) is 10.7. The minimum atomic E-state index is -0.766. The number of carboxylic acids is 1. The molecule has 0 aliphatic carbocycles. The SMILES string of the molecule is O=C(O)C1CCCc2nnc(C3CCNC3)n21. The Morgan fingerprint density at radius 1 is 1.41 bits per heavy atom. The summed E-state index contributed by atoms with van der Waals surface area (Å²) >= 11 is 0. The summed E-state index contributed by atoms with van der Waals surface area (Å²) in [5, 5.41) is 20.9. The van der Waals surface area contributed by atoms with Crippen molar-refractivity contribution in [2.24, 2.45) is 0 Å². The monoisotopic (exact) mass is 236 g/mol. The summed E-state index contributed by atoms with van der Waals surface area (Å²) in [6.07, 6.45) is 3.44. The standard InChI is InChI=1S/C11H16N4O2/c16-11(17)8-2-1-3-9-13-14-10(15(8)9)7-4-5-12-6-7/h7-8,12H,1-6H2,(H,16,17). The van der Waals surface area contributed by atoms with Crippen molar-refractivity contribution in [1.29, 1.82) is 0 Å². The Balaban J connectivity index is 2.00. The molecule has 0 amide bonds. The molecule has 6 nitrogen and oxygen atoms in total. The second-order valence-corrected chi connectivity index (χ2v) is 4.78. The fraction of sp³-hybridized carbons (Fsp3) is 0.727. The smallest absolute Gasteiger partial charge is 0.326 e. The summed E-state index contributed by atoms with van der Waals surface area (Å²) in [5.41, 5.74) is 0. The van der Waals surface area contributed by atoms with Gasteiger partial charge in [0.25, 0.3) is 0 Å². The van der Waals surface area contributed by atoms with E-state index in [0.717, 1.165) is 44.0 Å². The number of hydrogen-bond acceptors (Lipinski definition) is 4. The van der Waals surface area contributed by atoms with Crippen LogP contribution in [0.3, 0.4) is 0 Å². The van der Waals surface area contributed by atoms with Crippen LogP contribution in [-0.2, 0) is 11.2 Å². The molecule has 2 atom stereocenters. The summed E-state index contributed by atoms with van der Waals surface area (Å²) < 4.78 is 1.86. The van der Waals surface area contributed by atoms with Gasteiger partial charge in [0.05, 0.1) is 0 Å². The molecular formula is C11H16N4O2. The molecule has 1 aromatic rings. The van der Waals surface area contributed by atoms with E-state index in [4.69, 9.17) is 0 Å². The van der Waals surface area contributed by atoms with Crippen LogP contribution in [0.1, 0.15) is 42.9 Å². The van der Waals surface area contributed by atoms with Crippen molar-refractivity contribution < 1.29 is 9.90 Å². The van der Waals surface area contributed by atoms with Gasteiger partial charge in [-0.05, 0) is 25.8 Å². The fourth-order valence-electron chi connectivity index (χ4n) is 2.82. The predicted molar refractivity (Wildman–Crippen MR) is 59.9 cm³/mol. The van der Waals surface area contributed by atoms with Crippen LogP contribution in [0, 0.1) is 0 Å². The summed E-state index contributed by atoms with van der Waals surface area (Å²) in [7, 11) is 0. The van der Waals surface area contributed by atoms with E-state index < -0.39 is 12.0 Å². The third kappa shape index (κ3) is 1.72. The summed E-state index contributed by atoms with van der Waals surface area (Å²) in [5.74, 6) is 1.25. The molecule has 92 valence electrons. The van der Waals surface area contributed by atoms with Gasteiger partial charge in [-0.2, -0.15) is 0 Å². The number of aliphatic carboxylic acids is 1. The molecule has 0 spiro atoms. The second kappa shape index (κ2) is 4.10. The number of hydrogen-bond donors (Lipinski definition) is 2. The molecule has 1 aromatic heterocycles. The van der Waals surface area contributed by atoms with Gasteiger partial charge in [0.2, 0.25) is 0 Å². The molecule has 0 radical (unpaired) electrons. The summed E-state index contributed by atoms with van der Waals surface area (Å²) in [6, 6.07) is -0.468. The van der Waals surface area contributed by atoms with Gasteiger partial charge < -0.3 is 15.0 Å². The Morgan fingerprint density at radius 3 is 3.00 bits per heavy atom. The van der Waals surface area contributed by atoms with E-state index >= 15 is 0 Å². The molecule has 2 aliphatic rings. The molecule has 0 bridgehead atoms. The van der Waals surface area contributed by atoms with Crippen LogP contribution in [0.5, 0.6) is 0 Å². The lowest BCUT2D eigenvalue weighted by Crippen LogP contribution is -2.27. The molecule has 6 heteroatoms. The summed E-state index contributed by atoms with van der Waals surface area (Å²) in [4.78, 5) is 11.3. The zero-order valence-corrected chi connectivity index (χ0v) is 9.59. The average molecular weight is 236 g/mol. The Hall–Kier alpha value is -1.43. The molecule has 2 unspecified atom stereocenters. The molecule has 0 aromatic carbocycles. The van der Waals surface area contributed by atoms with Gasteiger partial charge in [-0.25, -0.2) is 4.79 Å². The molecular weight excluding hydrogens is 220 g/mol. The van der Waals surface area contributed by atoms with E-state index in [-0.39, 0.29) is 0 Å². The van der Waals surface area contributed by atoms with Gasteiger partial charge in [-0.3, -0.25) is 0 Å². The molecule has 3 heterocycles. The average Bonchev–Trinajstić information content (AvgIpc) is 2.96. The summed E-state index contributed by atoms with van der Waals surface area (Å²) in [6.45, 7) is 1.86. The van der Waals surface area contributed by atoms with Gasteiger partial charge in [0.1, 0.15) is 17.7 Å². The van der Waals surface area contributed by atoms with Crippen LogP contribution >= 0.6 is 0 Å². The normalized spacial score (nSPS) is 28.0. The molecule has 17 heavy (non-hydrogen) atoms. The van der Waals surface area contributed by atoms with E-state index in [1.165, 1.54) is 0 Å². The zero-order chi connectivity index (χ0) is 11.8. The minimum absolute atomic E-state index is 0.316. The van der Waals surface area contributed by atoms with Crippen LogP contribution in [0.25, 0.3) is 0 Å². The van der Waals surface area contributed by atoms with Gasteiger partial charge >= 0.3 is 5.97 Å². The quantitative estimate of drug-likeness (QED) is 0.773. The highest BCUT2D eigenvalue weighted by molar-refractivity contribution is 5.72. The number of fused-ring (bicyclic) bond motifs is 1. The minimum Gasteiger partial charge on any atom is -0.480 e. The molecule has 2 aliphatic heterocycles. The first-order valence-corrected chi connectivity index (χ1v) is 6.14. The van der Waals surface area contributed by atoms with E-state index in [9.17, 15) is 9.90 Å². The van der Waals surface area contributed by atoms with Crippen molar-refractivity contribution in [3.05, 3.63) is 11.6 Å². The van der Waals surface area contributed by atoms with Gasteiger partial charge in [-0.1, -0.05) is 0 Å². The Kier molecular flexibility index (Phi) is 2.58. The van der Waals surface area contributed by atoms with Crippen LogP contribution in [0.15, 0.2) is 0 Å². The first-order valence-electron chi connectivity index (χ1n) is 6.14. The first-order chi connectivity index (χ1) is 8.27. The van der Waals surface area contributed by atoms with Crippen molar-refractivity contribution in [3.8, 4) is 0 Å². The van der Waals surface area contributed by atoms with Crippen molar-refractivity contribution in [2.45, 2.75) is 37.6 Å². The predicted octanol–water partition coefficient (Wildman–Crippen LogP) is 0.317. The Bertz CT molecular complexity index is 437. The number of nitrogens with one attached hydrogen (secondary N) is 1. The zero-order valence-electron chi connectivity index (χ0n) is 9.59. The fourth-order valence-corrected chi connectivity index (χ4v) is 2.82. The van der Waals surface area contributed by atoms with Crippen LogP contribution < -0.4 is 5.32 Å². The number of carboxylic acid groups (broad SMARTS) is 1. The number of aromatic nitrogens is 3. The van der Waals surface area contributed by atoms with E-state index in [1.54, 1.807) is 0 Å². The van der Waals surface area contributed by atoms with E-state index in [1.807, 2.05) is 4.57 Å². The van der Waals surface area contributed by atoms with Crippen LogP contribution in [0.4, 0.5) is 0 Å². The molecule has 3 rings (SSSR count). The lowest BCUT2D eigenvalue weighted by Gasteiger charge is -2.23. The van der Waals surface area contributed by atoms with Gasteiger partial charge in [0.15, 0.2) is 0 Å². The van der Waals surface area contributed by atoms with Crippen LogP contribution in [0.2, 0.25) is 0 Å². The number of nitrogens with zero attached hydrogens (tertiary/aromatic N) is 3. The lowest BCUT2D eigenvalue weighted by atomic mass is 10.0. The van der Waals surface area contributed by atoms with Gasteiger partial charge in [0, 0.05) is 18.9 Å². The highest BCUT2D eigenvalue weighted by atomic mass is 16.4. The highest BCUT2D eigenvalue weighted by Gasteiger charge is 2.33.